The molecule has 0 spiro atoms. The number of fused-ring (bicyclic) bond motifs is 1. The SMILES string of the molecule is Cc1c(C)n(C)c2c(N(Cc3ccc(F)cc3)C(=O)c3ccccc3Cl)cncc12.Cl. The van der Waals surface area contributed by atoms with E-state index in [9.17, 15) is 9.18 Å². The van der Waals surface area contributed by atoms with Crippen LogP contribution in [0.4, 0.5) is 10.1 Å². The number of benzene rings is 2. The maximum absolute atomic E-state index is 13.6. The molecular weight excluding hydrogens is 436 g/mol. The van der Waals surface area contributed by atoms with E-state index in [2.05, 4.69) is 9.55 Å². The van der Waals surface area contributed by atoms with Crippen LogP contribution < -0.4 is 4.90 Å². The van der Waals surface area contributed by atoms with Gasteiger partial charge in [-0.3, -0.25) is 9.78 Å². The van der Waals surface area contributed by atoms with Crippen LogP contribution in [0.25, 0.3) is 10.9 Å². The highest BCUT2D eigenvalue weighted by molar-refractivity contribution is 6.34. The van der Waals surface area contributed by atoms with E-state index in [1.54, 1.807) is 47.5 Å². The van der Waals surface area contributed by atoms with Crippen molar-refractivity contribution in [2.24, 2.45) is 7.05 Å². The van der Waals surface area contributed by atoms with Gasteiger partial charge in [0.15, 0.2) is 0 Å². The molecule has 31 heavy (non-hydrogen) atoms. The first-order chi connectivity index (χ1) is 14.4. The second-order valence-electron chi connectivity index (χ2n) is 7.32. The first kappa shape index (κ1) is 22.8. The summed E-state index contributed by atoms with van der Waals surface area (Å²) in [5.41, 5.74) is 5.03. The van der Waals surface area contributed by atoms with Gasteiger partial charge in [-0.25, -0.2) is 4.39 Å². The smallest absolute Gasteiger partial charge is 0.260 e. The molecule has 0 aliphatic rings. The second kappa shape index (κ2) is 9.08. The van der Waals surface area contributed by atoms with E-state index in [1.807, 2.05) is 27.1 Å². The van der Waals surface area contributed by atoms with Gasteiger partial charge in [0.2, 0.25) is 0 Å². The van der Waals surface area contributed by atoms with Gasteiger partial charge in [0.05, 0.1) is 34.5 Å². The average molecular weight is 458 g/mol. The number of halogens is 3. The third-order valence-corrected chi connectivity index (χ3v) is 5.91. The van der Waals surface area contributed by atoms with E-state index in [-0.39, 0.29) is 30.7 Å². The Morgan fingerprint density at radius 2 is 1.77 bits per heavy atom. The van der Waals surface area contributed by atoms with Gasteiger partial charge in [-0.05, 0) is 49.2 Å². The highest BCUT2D eigenvalue weighted by atomic mass is 35.5. The molecule has 2 aromatic carbocycles. The minimum Gasteiger partial charge on any atom is -0.346 e. The van der Waals surface area contributed by atoms with Crippen LogP contribution in [0.15, 0.2) is 60.9 Å². The van der Waals surface area contributed by atoms with Crippen LogP contribution in [0, 0.1) is 19.7 Å². The molecule has 0 aliphatic heterocycles. The summed E-state index contributed by atoms with van der Waals surface area (Å²) in [5, 5.41) is 1.37. The number of carbonyl (C=O) groups excluding carboxylic acids is 1. The lowest BCUT2D eigenvalue weighted by Gasteiger charge is -2.24. The fourth-order valence-electron chi connectivity index (χ4n) is 3.70. The van der Waals surface area contributed by atoms with Crippen molar-refractivity contribution in [2.45, 2.75) is 20.4 Å². The summed E-state index contributed by atoms with van der Waals surface area (Å²) in [6.45, 7) is 4.34. The molecule has 0 atom stereocenters. The minimum absolute atomic E-state index is 0. The Morgan fingerprint density at radius 3 is 2.45 bits per heavy atom. The molecule has 0 N–H and O–H groups in total. The van der Waals surface area contributed by atoms with Crippen LogP contribution in [-0.4, -0.2) is 15.5 Å². The van der Waals surface area contributed by atoms with Gasteiger partial charge >= 0.3 is 0 Å². The topological polar surface area (TPSA) is 38.1 Å². The van der Waals surface area contributed by atoms with Crippen molar-refractivity contribution >= 4 is 46.5 Å². The van der Waals surface area contributed by atoms with E-state index in [1.165, 1.54) is 12.1 Å². The Labute approximate surface area is 191 Å². The predicted molar refractivity (Wildman–Crippen MR) is 126 cm³/mol. The number of anilines is 1. The maximum atomic E-state index is 13.6. The monoisotopic (exact) mass is 457 g/mol. The summed E-state index contributed by atoms with van der Waals surface area (Å²) < 4.78 is 15.5. The third-order valence-electron chi connectivity index (χ3n) is 5.58. The molecular formula is C24H22Cl2FN3O. The molecule has 4 aromatic rings. The summed E-state index contributed by atoms with van der Waals surface area (Å²) in [6, 6.07) is 13.1. The van der Waals surface area contributed by atoms with Gasteiger partial charge in [0, 0.05) is 24.3 Å². The molecule has 7 heteroatoms. The molecule has 4 rings (SSSR count). The van der Waals surface area contributed by atoms with Crippen molar-refractivity contribution < 1.29 is 9.18 Å². The molecule has 160 valence electrons. The summed E-state index contributed by atoms with van der Waals surface area (Å²) in [7, 11) is 1.98. The van der Waals surface area contributed by atoms with Gasteiger partial charge < -0.3 is 9.47 Å². The number of aryl methyl sites for hydroxylation is 2. The van der Waals surface area contributed by atoms with E-state index in [0.29, 0.717) is 16.3 Å². The Morgan fingerprint density at radius 1 is 1.10 bits per heavy atom. The number of nitrogens with zero attached hydrogens (tertiary/aromatic N) is 3. The summed E-state index contributed by atoms with van der Waals surface area (Å²) in [5.74, 6) is -0.559. The van der Waals surface area contributed by atoms with Crippen molar-refractivity contribution in [3.63, 3.8) is 0 Å². The number of pyridine rings is 1. The number of hydrogen-bond donors (Lipinski definition) is 0. The molecule has 0 saturated heterocycles. The van der Waals surface area contributed by atoms with Crippen LogP contribution in [0.5, 0.6) is 0 Å². The Hall–Kier alpha value is -2.89. The van der Waals surface area contributed by atoms with E-state index >= 15 is 0 Å². The lowest BCUT2D eigenvalue weighted by Crippen LogP contribution is -2.31. The van der Waals surface area contributed by atoms with Gasteiger partial charge in [0.25, 0.3) is 5.91 Å². The van der Waals surface area contributed by atoms with Crippen LogP contribution in [-0.2, 0) is 13.6 Å². The highest BCUT2D eigenvalue weighted by Gasteiger charge is 2.24. The fourth-order valence-corrected chi connectivity index (χ4v) is 3.92. The molecule has 1 amide bonds. The molecule has 2 aromatic heterocycles. The van der Waals surface area contributed by atoms with Crippen molar-refractivity contribution in [1.29, 1.82) is 0 Å². The van der Waals surface area contributed by atoms with Gasteiger partial charge in [-0.1, -0.05) is 35.9 Å². The van der Waals surface area contributed by atoms with Crippen molar-refractivity contribution in [2.75, 3.05) is 4.90 Å². The molecule has 0 fully saturated rings. The fraction of sp³-hybridized carbons (Fsp3) is 0.167. The average Bonchev–Trinajstić information content (AvgIpc) is 2.97. The van der Waals surface area contributed by atoms with Crippen LogP contribution in [0.3, 0.4) is 0 Å². The molecule has 0 aliphatic carbocycles. The van der Waals surface area contributed by atoms with Crippen LogP contribution in [0.2, 0.25) is 5.02 Å². The number of aromatic nitrogens is 2. The Balaban J connectivity index is 0.00000272. The molecule has 4 nitrogen and oxygen atoms in total. The first-order valence-electron chi connectivity index (χ1n) is 9.59. The minimum atomic E-state index is -0.319. The molecule has 2 heterocycles. The number of carbonyl (C=O) groups is 1. The quantitative estimate of drug-likeness (QED) is 0.363. The zero-order chi connectivity index (χ0) is 21.4. The van der Waals surface area contributed by atoms with Crippen molar-refractivity contribution in [3.8, 4) is 0 Å². The van der Waals surface area contributed by atoms with Crippen LogP contribution >= 0.6 is 24.0 Å². The van der Waals surface area contributed by atoms with E-state index < -0.39 is 0 Å². The molecule has 0 unspecified atom stereocenters. The normalized spacial score (nSPS) is 10.7. The predicted octanol–water partition coefficient (Wildman–Crippen LogP) is 6.25. The lowest BCUT2D eigenvalue weighted by molar-refractivity contribution is 0.0985. The maximum Gasteiger partial charge on any atom is 0.260 e. The largest absolute Gasteiger partial charge is 0.346 e. The zero-order valence-electron chi connectivity index (χ0n) is 17.4. The standard InChI is InChI=1S/C24H21ClFN3O.ClH/c1-15-16(2)28(3)23-20(15)12-27-13-22(23)29(14-17-8-10-18(26)11-9-17)24(30)19-6-4-5-7-21(19)25;/h4-13H,14H2,1-3H3;1H. The van der Waals surface area contributed by atoms with E-state index in [4.69, 9.17) is 11.6 Å². The summed E-state index contributed by atoms with van der Waals surface area (Å²) in [6.07, 6.45) is 3.51. The van der Waals surface area contributed by atoms with Crippen molar-refractivity contribution in [1.82, 2.24) is 9.55 Å². The molecule has 0 bridgehead atoms. The van der Waals surface area contributed by atoms with Gasteiger partial charge in [-0.15, -0.1) is 12.4 Å². The Kier molecular flexibility index (Phi) is 6.68. The van der Waals surface area contributed by atoms with Gasteiger partial charge in [0.1, 0.15) is 5.82 Å². The summed E-state index contributed by atoms with van der Waals surface area (Å²) in [4.78, 5) is 19.7. The second-order valence-corrected chi connectivity index (χ2v) is 7.73. The zero-order valence-corrected chi connectivity index (χ0v) is 19.0. The van der Waals surface area contributed by atoms with E-state index in [0.717, 1.165) is 27.7 Å². The number of hydrogen-bond acceptors (Lipinski definition) is 2. The highest BCUT2D eigenvalue weighted by Crippen LogP contribution is 2.33. The third kappa shape index (κ3) is 4.16. The number of rotatable bonds is 4. The number of amides is 1. The first-order valence-corrected chi connectivity index (χ1v) is 9.96. The molecule has 0 saturated carbocycles. The molecule has 0 radical (unpaired) electrons. The lowest BCUT2D eigenvalue weighted by atomic mass is 10.1. The van der Waals surface area contributed by atoms with Crippen molar-refractivity contribution in [3.05, 3.63) is 94.1 Å². The summed E-state index contributed by atoms with van der Waals surface area (Å²) >= 11 is 6.34. The van der Waals surface area contributed by atoms with Crippen LogP contribution in [0.1, 0.15) is 27.2 Å². The van der Waals surface area contributed by atoms with Gasteiger partial charge in [-0.2, -0.15) is 0 Å². The Bertz CT molecular complexity index is 1250.